The zero-order valence-corrected chi connectivity index (χ0v) is 14.5. The molecule has 118 valence electrons. The summed E-state index contributed by atoms with van der Waals surface area (Å²) < 4.78 is 0.901. The molecule has 0 bridgehead atoms. The third kappa shape index (κ3) is 6.74. The highest BCUT2D eigenvalue weighted by Crippen LogP contribution is 2.13. The normalized spacial score (nSPS) is 15.6. The number of carbonyl (C=O) groups excluding carboxylic acids is 1. The van der Waals surface area contributed by atoms with Crippen molar-refractivity contribution < 1.29 is 4.79 Å². The van der Waals surface area contributed by atoms with Gasteiger partial charge < -0.3 is 10.6 Å². The average molecular weight is 378 g/mol. The van der Waals surface area contributed by atoms with Gasteiger partial charge in [0.05, 0.1) is 6.54 Å². The first-order valence-electron chi connectivity index (χ1n) is 6.94. The van der Waals surface area contributed by atoms with Gasteiger partial charge in [0, 0.05) is 17.2 Å². The molecule has 0 radical (unpaired) electrons. The number of pyridine rings is 1. The molecule has 7 heteroatoms. The second-order valence-corrected chi connectivity index (χ2v) is 6.22. The van der Waals surface area contributed by atoms with E-state index in [1.165, 1.54) is 12.8 Å². The molecule has 2 heterocycles. The molecule has 0 aromatic carbocycles. The molecular weight excluding hydrogens is 356 g/mol. The zero-order valence-electron chi connectivity index (χ0n) is 12.1. The Bertz CT molecular complexity index is 437. The zero-order chi connectivity index (χ0) is 14.4. The second kappa shape index (κ2) is 9.35. The Hall–Kier alpha value is -0.690. The molecule has 1 saturated heterocycles. The van der Waals surface area contributed by atoms with Crippen molar-refractivity contribution in [3.63, 3.8) is 0 Å². The van der Waals surface area contributed by atoms with E-state index in [-0.39, 0.29) is 18.3 Å². The number of aromatic nitrogens is 1. The summed E-state index contributed by atoms with van der Waals surface area (Å²) in [5.41, 5.74) is 0. The summed E-state index contributed by atoms with van der Waals surface area (Å²) >= 11 is 3.32. The van der Waals surface area contributed by atoms with Gasteiger partial charge in [0.1, 0.15) is 5.82 Å². The van der Waals surface area contributed by atoms with Crippen LogP contribution < -0.4 is 10.6 Å². The van der Waals surface area contributed by atoms with E-state index in [0.717, 1.165) is 24.1 Å². The number of halogens is 2. The number of hydrogen-bond acceptors (Lipinski definition) is 4. The first-order chi connectivity index (χ1) is 9.63. The monoisotopic (exact) mass is 376 g/mol. The van der Waals surface area contributed by atoms with Crippen LogP contribution >= 0.6 is 28.3 Å². The fourth-order valence-corrected chi connectivity index (χ4v) is 2.68. The Morgan fingerprint density at radius 1 is 1.48 bits per heavy atom. The maximum Gasteiger partial charge on any atom is 0.239 e. The minimum atomic E-state index is -0.0174. The number of nitrogens with one attached hydrogen (secondary N) is 2. The molecule has 2 rings (SSSR count). The largest absolute Gasteiger partial charge is 0.317 e. The maximum absolute atomic E-state index is 11.9. The smallest absolute Gasteiger partial charge is 0.239 e. The van der Waals surface area contributed by atoms with E-state index in [9.17, 15) is 4.79 Å². The summed E-state index contributed by atoms with van der Waals surface area (Å²) in [7, 11) is 2.00. The molecule has 0 unspecified atom stereocenters. The molecule has 1 amide bonds. The average Bonchev–Trinajstić information content (AvgIpc) is 2.42. The van der Waals surface area contributed by atoms with E-state index in [1.54, 1.807) is 12.3 Å². The van der Waals surface area contributed by atoms with Crippen molar-refractivity contribution in [2.75, 3.05) is 38.5 Å². The number of nitrogens with zero attached hydrogens (tertiary/aromatic N) is 2. The highest BCUT2D eigenvalue weighted by atomic mass is 79.9. The van der Waals surface area contributed by atoms with Crippen LogP contribution in [0, 0.1) is 5.92 Å². The molecule has 1 aromatic heterocycles. The topological polar surface area (TPSA) is 57.3 Å². The summed E-state index contributed by atoms with van der Waals surface area (Å²) in [5, 5.41) is 6.17. The van der Waals surface area contributed by atoms with Crippen molar-refractivity contribution in [2.45, 2.75) is 12.8 Å². The molecule has 5 nitrogen and oxygen atoms in total. The summed E-state index contributed by atoms with van der Waals surface area (Å²) in [5.74, 6) is 1.27. The summed E-state index contributed by atoms with van der Waals surface area (Å²) in [6.45, 7) is 3.56. The predicted molar refractivity (Wildman–Crippen MR) is 90.9 cm³/mol. The van der Waals surface area contributed by atoms with Crippen molar-refractivity contribution in [2.24, 2.45) is 5.92 Å². The van der Waals surface area contributed by atoms with Crippen molar-refractivity contribution in [3.8, 4) is 0 Å². The third-order valence-corrected chi connectivity index (χ3v) is 3.91. The molecule has 1 fully saturated rings. The molecular formula is C14H22BrClN4O. The van der Waals surface area contributed by atoms with Crippen LogP contribution in [-0.2, 0) is 4.79 Å². The van der Waals surface area contributed by atoms with Gasteiger partial charge in [-0.2, -0.15) is 0 Å². The number of hydrogen-bond donors (Lipinski definition) is 2. The quantitative estimate of drug-likeness (QED) is 0.825. The van der Waals surface area contributed by atoms with E-state index >= 15 is 0 Å². The summed E-state index contributed by atoms with van der Waals surface area (Å²) in [6.07, 6.45) is 4.06. The minimum Gasteiger partial charge on any atom is -0.317 e. The Balaban J connectivity index is 0.00000220. The molecule has 1 aromatic rings. The lowest BCUT2D eigenvalue weighted by Gasteiger charge is -2.27. The van der Waals surface area contributed by atoms with Gasteiger partial charge in [0.2, 0.25) is 5.91 Å². The molecule has 0 aliphatic carbocycles. The van der Waals surface area contributed by atoms with E-state index in [1.807, 2.05) is 13.1 Å². The van der Waals surface area contributed by atoms with Crippen molar-refractivity contribution in [1.82, 2.24) is 15.2 Å². The highest BCUT2D eigenvalue weighted by Gasteiger charge is 2.16. The number of likely N-dealkylation sites (N-methyl/N-ethyl adjacent to an activating group) is 1. The minimum absolute atomic E-state index is 0. The highest BCUT2D eigenvalue weighted by molar-refractivity contribution is 9.10. The SMILES string of the molecule is CN(CC(=O)Nc1ccc(Br)cn1)CC1CCNCC1.Cl. The van der Waals surface area contributed by atoms with E-state index in [4.69, 9.17) is 0 Å². The van der Waals surface area contributed by atoms with E-state index in [2.05, 4.69) is 36.4 Å². The third-order valence-electron chi connectivity index (χ3n) is 3.44. The lowest BCUT2D eigenvalue weighted by Crippen LogP contribution is -2.37. The van der Waals surface area contributed by atoms with Crippen LogP contribution in [0.15, 0.2) is 22.8 Å². The Morgan fingerprint density at radius 3 is 2.81 bits per heavy atom. The van der Waals surface area contributed by atoms with Crippen LogP contribution in [0.1, 0.15) is 12.8 Å². The number of rotatable bonds is 5. The van der Waals surface area contributed by atoms with Gasteiger partial charge >= 0.3 is 0 Å². The lowest BCUT2D eigenvalue weighted by atomic mass is 9.98. The van der Waals surface area contributed by atoms with Crippen LogP contribution in [0.5, 0.6) is 0 Å². The molecule has 1 aliphatic rings. The fraction of sp³-hybridized carbons (Fsp3) is 0.571. The second-order valence-electron chi connectivity index (χ2n) is 5.30. The standard InChI is InChI=1S/C14H21BrN4O.ClH/c1-19(9-11-4-6-16-7-5-11)10-14(20)18-13-3-2-12(15)8-17-13;/h2-3,8,11,16H,4-7,9-10H2,1H3,(H,17,18,20);1H. The summed E-state index contributed by atoms with van der Waals surface area (Å²) in [4.78, 5) is 18.2. The van der Waals surface area contributed by atoms with Crippen molar-refractivity contribution >= 4 is 40.1 Å². The van der Waals surface area contributed by atoms with E-state index in [0.29, 0.717) is 18.3 Å². The number of amides is 1. The van der Waals surface area contributed by atoms with Gasteiger partial charge in [0.25, 0.3) is 0 Å². The molecule has 2 N–H and O–H groups in total. The number of piperidine rings is 1. The number of carbonyl (C=O) groups is 1. The van der Waals surface area contributed by atoms with Crippen molar-refractivity contribution in [1.29, 1.82) is 0 Å². The first kappa shape index (κ1) is 18.4. The van der Waals surface area contributed by atoms with Crippen LogP contribution in [0.2, 0.25) is 0 Å². The molecule has 21 heavy (non-hydrogen) atoms. The van der Waals surface area contributed by atoms with Crippen LogP contribution in [-0.4, -0.2) is 49.0 Å². The molecule has 0 atom stereocenters. The Kier molecular flexibility index (Phi) is 8.18. The van der Waals surface area contributed by atoms with Crippen LogP contribution in [0.25, 0.3) is 0 Å². The first-order valence-corrected chi connectivity index (χ1v) is 7.73. The van der Waals surface area contributed by atoms with Gasteiger partial charge in [-0.3, -0.25) is 9.69 Å². The van der Waals surface area contributed by atoms with Gasteiger partial charge in [-0.25, -0.2) is 4.98 Å². The Labute approximate surface area is 140 Å². The van der Waals surface area contributed by atoms with Crippen molar-refractivity contribution in [3.05, 3.63) is 22.8 Å². The van der Waals surface area contributed by atoms with Crippen LogP contribution in [0.4, 0.5) is 5.82 Å². The van der Waals surface area contributed by atoms with Gasteiger partial charge in [-0.15, -0.1) is 12.4 Å². The predicted octanol–water partition coefficient (Wildman–Crippen LogP) is 2.14. The van der Waals surface area contributed by atoms with E-state index < -0.39 is 0 Å². The summed E-state index contributed by atoms with van der Waals surface area (Å²) in [6, 6.07) is 3.65. The number of anilines is 1. The fourth-order valence-electron chi connectivity index (χ4n) is 2.45. The van der Waals surface area contributed by atoms with Gasteiger partial charge in [-0.05, 0) is 67.0 Å². The molecule has 0 saturated carbocycles. The lowest BCUT2D eigenvalue weighted by molar-refractivity contribution is -0.117. The van der Waals surface area contributed by atoms with Crippen LogP contribution in [0.3, 0.4) is 0 Å². The molecule has 1 aliphatic heterocycles. The maximum atomic E-state index is 11.9. The molecule has 0 spiro atoms. The van der Waals surface area contributed by atoms with Gasteiger partial charge in [0.15, 0.2) is 0 Å². The Morgan fingerprint density at radius 2 is 2.19 bits per heavy atom. The van der Waals surface area contributed by atoms with Gasteiger partial charge in [-0.1, -0.05) is 0 Å².